The van der Waals surface area contributed by atoms with Gasteiger partial charge in [0.15, 0.2) is 5.78 Å². The lowest BCUT2D eigenvalue weighted by molar-refractivity contribution is 0.0952. The number of rotatable bonds is 4. The van der Waals surface area contributed by atoms with Crippen LogP contribution in [0.2, 0.25) is 5.02 Å². The summed E-state index contributed by atoms with van der Waals surface area (Å²) >= 11 is 6.41. The molecule has 2 atom stereocenters. The lowest BCUT2D eigenvalue weighted by Gasteiger charge is -2.33. The molecule has 4 aromatic rings. The molecule has 1 nitrogen and oxygen atoms in total. The van der Waals surface area contributed by atoms with Crippen molar-refractivity contribution in [2.45, 2.75) is 11.8 Å². The highest BCUT2D eigenvalue weighted by molar-refractivity contribution is 6.30. The van der Waals surface area contributed by atoms with Gasteiger partial charge in [0.05, 0.1) is 5.92 Å². The zero-order valence-corrected chi connectivity index (χ0v) is 17.7. The van der Waals surface area contributed by atoms with Crippen molar-refractivity contribution in [1.29, 1.82) is 0 Å². The minimum Gasteiger partial charge on any atom is -0.293 e. The van der Waals surface area contributed by atoms with Gasteiger partial charge in [0.1, 0.15) is 0 Å². The first-order chi connectivity index (χ1) is 15.2. The molecule has 0 heterocycles. The van der Waals surface area contributed by atoms with Gasteiger partial charge < -0.3 is 0 Å². The van der Waals surface area contributed by atoms with Gasteiger partial charge >= 0.3 is 0 Å². The van der Waals surface area contributed by atoms with Gasteiger partial charge in [0.2, 0.25) is 0 Å². The summed E-state index contributed by atoms with van der Waals surface area (Å²) in [6, 6.07) is 36.1. The zero-order chi connectivity index (χ0) is 21.2. The summed E-state index contributed by atoms with van der Waals surface area (Å²) in [6.07, 6.45) is 2.24. The molecule has 0 fully saturated rings. The molecule has 0 N–H and O–H groups in total. The molecule has 31 heavy (non-hydrogen) atoms. The zero-order valence-electron chi connectivity index (χ0n) is 16.9. The summed E-state index contributed by atoms with van der Waals surface area (Å²) in [5.74, 6) is -0.260. The fourth-order valence-corrected chi connectivity index (χ4v) is 4.68. The van der Waals surface area contributed by atoms with Crippen molar-refractivity contribution in [1.82, 2.24) is 0 Å². The highest BCUT2D eigenvalue weighted by atomic mass is 35.5. The Balaban J connectivity index is 1.75. The molecule has 4 aromatic carbocycles. The molecular formula is C29H21ClO. The first kappa shape index (κ1) is 19.5. The van der Waals surface area contributed by atoms with Crippen LogP contribution in [0.1, 0.15) is 44.4 Å². The van der Waals surface area contributed by atoms with Crippen molar-refractivity contribution < 1.29 is 4.79 Å². The Morgan fingerprint density at radius 2 is 1.32 bits per heavy atom. The van der Waals surface area contributed by atoms with Crippen LogP contribution in [0.3, 0.4) is 0 Å². The van der Waals surface area contributed by atoms with Crippen LogP contribution < -0.4 is 0 Å². The van der Waals surface area contributed by atoms with E-state index >= 15 is 0 Å². The number of carbonyl (C=O) groups is 1. The molecule has 0 spiro atoms. The van der Waals surface area contributed by atoms with E-state index in [4.69, 9.17) is 11.6 Å². The third kappa shape index (κ3) is 3.73. The van der Waals surface area contributed by atoms with Gasteiger partial charge in [0.25, 0.3) is 0 Å². The second-order valence-electron chi connectivity index (χ2n) is 7.82. The average molecular weight is 421 g/mol. The van der Waals surface area contributed by atoms with E-state index in [2.05, 4.69) is 30.3 Å². The highest BCUT2D eigenvalue weighted by Gasteiger charge is 2.36. The normalized spacial score (nSPS) is 17.5. The number of ketones is 1. The van der Waals surface area contributed by atoms with E-state index in [0.717, 1.165) is 33.4 Å². The molecule has 0 saturated carbocycles. The maximum absolute atomic E-state index is 13.8. The van der Waals surface area contributed by atoms with E-state index in [9.17, 15) is 4.79 Å². The molecule has 0 radical (unpaired) electrons. The van der Waals surface area contributed by atoms with Gasteiger partial charge in [-0.15, -0.1) is 0 Å². The van der Waals surface area contributed by atoms with E-state index in [1.807, 2.05) is 84.9 Å². The molecule has 0 amide bonds. The molecule has 0 aliphatic heterocycles. The Hall–Kier alpha value is -3.42. The number of hydrogen-bond acceptors (Lipinski definition) is 1. The number of benzene rings is 4. The molecule has 0 saturated heterocycles. The van der Waals surface area contributed by atoms with Crippen molar-refractivity contribution in [3.05, 3.63) is 148 Å². The molecule has 0 bridgehead atoms. The lowest BCUT2D eigenvalue weighted by atomic mass is 9.69. The van der Waals surface area contributed by atoms with Gasteiger partial charge in [-0.05, 0) is 40.0 Å². The Morgan fingerprint density at radius 1 is 0.710 bits per heavy atom. The minimum atomic E-state index is -0.315. The highest BCUT2D eigenvalue weighted by Crippen LogP contribution is 2.47. The molecule has 0 aromatic heterocycles. The maximum atomic E-state index is 13.8. The van der Waals surface area contributed by atoms with E-state index in [-0.39, 0.29) is 17.6 Å². The lowest BCUT2D eigenvalue weighted by Crippen LogP contribution is -2.24. The van der Waals surface area contributed by atoms with Gasteiger partial charge in [-0.25, -0.2) is 0 Å². The fraction of sp³-hybridized carbons (Fsp3) is 0.0690. The van der Waals surface area contributed by atoms with E-state index < -0.39 is 0 Å². The van der Waals surface area contributed by atoms with Gasteiger partial charge in [-0.3, -0.25) is 4.79 Å². The molecule has 2 heteroatoms. The Morgan fingerprint density at radius 3 is 2.00 bits per heavy atom. The first-order valence-electron chi connectivity index (χ1n) is 10.4. The van der Waals surface area contributed by atoms with Gasteiger partial charge in [0, 0.05) is 16.5 Å². The van der Waals surface area contributed by atoms with Crippen molar-refractivity contribution in [3.8, 4) is 0 Å². The van der Waals surface area contributed by atoms with Crippen LogP contribution in [0.5, 0.6) is 0 Å². The van der Waals surface area contributed by atoms with E-state index in [1.165, 1.54) is 0 Å². The fourth-order valence-electron chi connectivity index (χ4n) is 4.51. The second kappa shape index (κ2) is 8.37. The van der Waals surface area contributed by atoms with Crippen LogP contribution in [0, 0.1) is 0 Å². The number of allylic oxidation sites excluding steroid dienone is 1. The summed E-state index contributed by atoms with van der Waals surface area (Å²) in [4.78, 5) is 13.8. The Kier molecular flexibility index (Phi) is 5.28. The standard InChI is InChI=1S/C29H21ClO/c30-23-16-17-24-27(18-23)25(20-10-4-1-5-11-20)19-26(21-12-6-2-7-13-21)28(24)29(31)22-14-8-3-9-15-22/h1-19,26,28H/t26-,28+/m0/s1. The maximum Gasteiger partial charge on any atom is 0.171 e. The monoisotopic (exact) mass is 420 g/mol. The SMILES string of the molecule is O=C(c1ccccc1)[C@@H]1c2ccc(Cl)cc2C(c2ccccc2)=C[C@H]1c1ccccc1. The Bertz CT molecular complexity index is 1240. The number of Topliss-reactive ketones (excluding diaryl/α,β-unsaturated/α-hetero) is 1. The van der Waals surface area contributed by atoms with Crippen LogP contribution in [0.15, 0.2) is 115 Å². The molecule has 150 valence electrons. The number of fused-ring (bicyclic) bond motifs is 1. The summed E-state index contributed by atoms with van der Waals surface area (Å²) in [6.45, 7) is 0. The van der Waals surface area contributed by atoms with Crippen LogP contribution in [0.25, 0.3) is 5.57 Å². The van der Waals surface area contributed by atoms with Crippen LogP contribution in [-0.4, -0.2) is 5.78 Å². The molecule has 1 aliphatic rings. The van der Waals surface area contributed by atoms with Crippen LogP contribution in [-0.2, 0) is 0 Å². The second-order valence-corrected chi connectivity index (χ2v) is 8.26. The van der Waals surface area contributed by atoms with Gasteiger partial charge in [-0.2, -0.15) is 0 Å². The topological polar surface area (TPSA) is 17.1 Å². The van der Waals surface area contributed by atoms with Crippen molar-refractivity contribution in [2.24, 2.45) is 0 Å². The summed E-state index contributed by atoms with van der Waals surface area (Å²) in [7, 11) is 0. The summed E-state index contributed by atoms with van der Waals surface area (Å²) in [5, 5.41) is 0.671. The average Bonchev–Trinajstić information content (AvgIpc) is 2.84. The predicted octanol–water partition coefficient (Wildman–Crippen LogP) is 7.54. The van der Waals surface area contributed by atoms with Crippen molar-refractivity contribution in [2.75, 3.05) is 0 Å². The van der Waals surface area contributed by atoms with E-state index in [0.29, 0.717) is 5.02 Å². The Labute approximate surface area is 187 Å². The quantitative estimate of drug-likeness (QED) is 0.312. The summed E-state index contributed by atoms with van der Waals surface area (Å²) in [5.41, 5.74) is 6.15. The minimum absolute atomic E-state index is 0.0715. The first-order valence-corrected chi connectivity index (χ1v) is 10.8. The molecular weight excluding hydrogens is 400 g/mol. The number of carbonyl (C=O) groups excluding carboxylic acids is 1. The largest absolute Gasteiger partial charge is 0.293 e. The van der Waals surface area contributed by atoms with E-state index in [1.54, 1.807) is 0 Å². The van der Waals surface area contributed by atoms with Crippen molar-refractivity contribution >= 4 is 23.0 Å². The smallest absolute Gasteiger partial charge is 0.171 e. The number of halogens is 1. The van der Waals surface area contributed by atoms with Gasteiger partial charge in [-0.1, -0.05) is 115 Å². The summed E-state index contributed by atoms with van der Waals surface area (Å²) < 4.78 is 0. The third-order valence-corrected chi connectivity index (χ3v) is 6.19. The number of hydrogen-bond donors (Lipinski definition) is 0. The third-order valence-electron chi connectivity index (χ3n) is 5.96. The predicted molar refractivity (Wildman–Crippen MR) is 128 cm³/mol. The van der Waals surface area contributed by atoms with Crippen LogP contribution in [0.4, 0.5) is 0 Å². The van der Waals surface area contributed by atoms with Crippen LogP contribution >= 0.6 is 11.6 Å². The molecule has 1 aliphatic carbocycles. The molecule has 5 rings (SSSR count). The molecule has 0 unspecified atom stereocenters. The van der Waals surface area contributed by atoms with Crippen molar-refractivity contribution in [3.63, 3.8) is 0 Å².